The number of hydrogen-bond donors (Lipinski definition) is 2. The molecule has 0 radical (unpaired) electrons. The molecule has 0 bridgehead atoms. The van der Waals surface area contributed by atoms with E-state index in [4.69, 9.17) is 19.4 Å². The lowest BCUT2D eigenvalue weighted by Gasteiger charge is -2.17. The van der Waals surface area contributed by atoms with Gasteiger partial charge in [0, 0.05) is 49.8 Å². The predicted octanol–water partition coefficient (Wildman–Crippen LogP) is 3.91. The first kappa shape index (κ1) is 21.8. The number of likely N-dealkylation sites (tertiary alicyclic amines) is 1. The molecule has 0 amide bonds. The topological polar surface area (TPSA) is 91.4 Å². The van der Waals surface area contributed by atoms with E-state index in [1.165, 1.54) is 44.5 Å². The van der Waals surface area contributed by atoms with Crippen LogP contribution in [0.15, 0.2) is 18.2 Å². The Balaban J connectivity index is 1.39. The van der Waals surface area contributed by atoms with Crippen LogP contribution in [0.5, 0.6) is 11.5 Å². The van der Waals surface area contributed by atoms with Crippen LogP contribution in [-0.4, -0.2) is 72.5 Å². The largest absolute Gasteiger partial charge is 0.493 e. The highest BCUT2D eigenvalue weighted by Crippen LogP contribution is 2.40. The first-order chi connectivity index (χ1) is 16.1. The molecule has 2 N–H and O–H groups in total. The zero-order valence-electron chi connectivity index (χ0n) is 19.7. The number of aromatic amines is 1. The van der Waals surface area contributed by atoms with Crippen molar-refractivity contribution in [3.63, 3.8) is 0 Å². The van der Waals surface area contributed by atoms with Gasteiger partial charge in [0.2, 0.25) is 5.95 Å². The van der Waals surface area contributed by atoms with Crippen LogP contribution < -0.4 is 19.7 Å². The summed E-state index contributed by atoms with van der Waals surface area (Å²) in [6.45, 7) is 4.13. The van der Waals surface area contributed by atoms with Crippen LogP contribution in [0.4, 0.5) is 17.6 Å². The summed E-state index contributed by atoms with van der Waals surface area (Å²) in [4.78, 5) is 13.9. The van der Waals surface area contributed by atoms with E-state index in [-0.39, 0.29) is 0 Å². The van der Waals surface area contributed by atoms with Crippen molar-refractivity contribution >= 4 is 28.5 Å². The average Bonchev–Trinajstić information content (AvgIpc) is 3.33. The quantitative estimate of drug-likeness (QED) is 0.448. The summed E-state index contributed by atoms with van der Waals surface area (Å²) < 4.78 is 11.8. The van der Waals surface area contributed by atoms with Crippen LogP contribution in [0, 0.1) is 0 Å². The highest BCUT2D eigenvalue weighted by molar-refractivity contribution is 5.94. The number of methoxy groups -OCH3 is 1. The number of hydrogen-bond acceptors (Lipinski definition) is 8. The van der Waals surface area contributed by atoms with Gasteiger partial charge in [-0.3, -0.25) is 5.10 Å². The van der Waals surface area contributed by atoms with Gasteiger partial charge >= 0.3 is 0 Å². The number of H-pyrrole nitrogens is 1. The number of anilines is 3. The summed E-state index contributed by atoms with van der Waals surface area (Å²) in [5, 5.41) is 11.8. The highest BCUT2D eigenvalue weighted by Gasteiger charge is 2.26. The van der Waals surface area contributed by atoms with Crippen molar-refractivity contribution in [3.05, 3.63) is 23.9 Å². The second-order valence-electron chi connectivity index (χ2n) is 9.15. The molecule has 1 saturated heterocycles. The summed E-state index contributed by atoms with van der Waals surface area (Å²) in [7, 11) is 5.53. The first-order valence-corrected chi connectivity index (χ1v) is 11.9. The molecule has 176 valence electrons. The minimum Gasteiger partial charge on any atom is -0.493 e. The molecule has 2 aromatic heterocycles. The summed E-state index contributed by atoms with van der Waals surface area (Å²) >= 11 is 0. The second-order valence-corrected chi connectivity index (χ2v) is 9.15. The summed E-state index contributed by atoms with van der Waals surface area (Å²) in [6.07, 6.45) is 6.05. The average molecular weight is 452 g/mol. The van der Waals surface area contributed by atoms with Crippen molar-refractivity contribution in [3.8, 4) is 11.5 Å². The van der Waals surface area contributed by atoms with Crippen molar-refractivity contribution in [2.75, 3.05) is 57.7 Å². The van der Waals surface area contributed by atoms with Gasteiger partial charge in [-0.05, 0) is 51.3 Å². The Morgan fingerprint density at radius 3 is 2.67 bits per heavy atom. The lowest BCUT2D eigenvalue weighted by Crippen LogP contribution is -2.21. The monoisotopic (exact) mass is 451 g/mol. The molecule has 9 nitrogen and oxygen atoms in total. The van der Waals surface area contributed by atoms with Gasteiger partial charge in [0.05, 0.1) is 19.2 Å². The molecule has 2 fully saturated rings. The third kappa shape index (κ3) is 4.98. The van der Waals surface area contributed by atoms with Gasteiger partial charge in [-0.1, -0.05) is 0 Å². The van der Waals surface area contributed by atoms with Gasteiger partial charge in [-0.25, -0.2) is 4.98 Å². The summed E-state index contributed by atoms with van der Waals surface area (Å²) in [6, 6.07) is 5.96. The number of rotatable bonds is 10. The van der Waals surface area contributed by atoms with Gasteiger partial charge in [-0.15, -0.1) is 0 Å². The molecule has 3 heterocycles. The third-order valence-electron chi connectivity index (χ3n) is 6.31. The van der Waals surface area contributed by atoms with Crippen LogP contribution in [0.3, 0.4) is 0 Å². The van der Waals surface area contributed by atoms with Crippen LogP contribution in [-0.2, 0) is 0 Å². The van der Waals surface area contributed by atoms with Gasteiger partial charge in [-0.2, -0.15) is 10.1 Å². The van der Waals surface area contributed by atoms with E-state index in [2.05, 4.69) is 26.5 Å². The Morgan fingerprint density at radius 1 is 1.12 bits per heavy atom. The molecule has 9 heteroatoms. The molecule has 1 aliphatic heterocycles. The number of fused-ring (bicyclic) bond motifs is 1. The van der Waals surface area contributed by atoms with Gasteiger partial charge < -0.3 is 24.6 Å². The van der Waals surface area contributed by atoms with Gasteiger partial charge in [0.25, 0.3) is 0 Å². The fourth-order valence-corrected chi connectivity index (χ4v) is 4.29. The Bertz CT molecular complexity index is 1100. The first-order valence-electron chi connectivity index (χ1n) is 11.9. The van der Waals surface area contributed by atoms with Gasteiger partial charge in [0.15, 0.2) is 17.3 Å². The van der Waals surface area contributed by atoms with Crippen LogP contribution >= 0.6 is 0 Å². The molecular formula is C24H33N7O2. The maximum Gasteiger partial charge on any atom is 0.227 e. The van der Waals surface area contributed by atoms with Crippen LogP contribution in [0.1, 0.15) is 43.7 Å². The Labute approximate surface area is 194 Å². The minimum atomic E-state index is 0.609. The number of benzene rings is 1. The van der Waals surface area contributed by atoms with Crippen molar-refractivity contribution in [2.45, 2.75) is 38.0 Å². The highest BCUT2D eigenvalue weighted by atomic mass is 16.5. The number of nitrogens with one attached hydrogen (secondary N) is 2. The zero-order chi connectivity index (χ0) is 22.8. The van der Waals surface area contributed by atoms with E-state index in [9.17, 15) is 0 Å². The number of ether oxygens (including phenoxy) is 2. The van der Waals surface area contributed by atoms with E-state index in [0.717, 1.165) is 29.7 Å². The molecule has 0 spiro atoms. The van der Waals surface area contributed by atoms with E-state index in [1.807, 2.05) is 31.1 Å². The van der Waals surface area contributed by atoms with E-state index >= 15 is 0 Å². The molecule has 0 atom stereocenters. The lowest BCUT2D eigenvalue weighted by atomic mass is 10.2. The SMILES string of the molecule is COc1cc2c(Nc3cc(C4CC4)[nH]n3)nc(N(C)C)nc2cc1OCCCN1CCCC1. The van der Waals surface area contributed by atoms with Crippen molar-refractivity contribution < 1.29 is 9.47 Å². The molecule has 2 aliphatic rings. The van der Waals surface area contributed by atoms with Crippen molar-refractivity contribution in [1.29, 1.82) is 0 Å². The van der Waals surface area contributed by atoms with E-state index in [0.29, 0.717) is 35.8 Å². The minimum absolute atomic E-state index is 0.609. The number of nitrogens with zero attached hydrogens (tertiary/aromatic N) is 5. The van der Waals surface area contributed by atoms with Crippen molar-refractivity contribution in [2.24, 2.45) is 0 Å². The summed E-state index contributed by atoms with van der Waals surface area (Å²) in [5.74, 6) is 4.05. The zero-order valence-corrected chi connectivity index (χ0v) is 19.7. The van der Waals surface area contributed by atoms with Gasteiger partial charge in [0.1, 0.15) is 5.82 Å². The Kier molecular flexibility index (Phi) is 6.22. The standard InChI is InChI=1S/C24H33N7O2/c1-30(2)24-25-19-14-21(33-12-6-11-31-9-4-5-10-31)20(32-3)13-17(19)23(27-24)26-22-15-18(28-29-22)16-7-8-16/h13-16H,4-12H2,1-3H3,(H2,25,26,27,28,29). The predicted molar refractivity (Wildman–Crippen MR) is 130 cm³/mol. The normalized spacial score (nSPS) is 16.3. The van der Waals surface area contributed by atoms with Crippen molar-refractivity contribution in [1.82, 2.24) is 25.1 Å². The fraction of sp³-hybridized carbons (Fsp3) is 0.542. The lowest BCUT2D eigenvalue weighted by molar-refractivity contribution is 0.254. The van der Waals surface area contributed by atoms with Crippen LogP contribution in [0.25, 0.3) is 10.9 Å². The molecular weight excluding hydrogens is 418 g/mol. The fourth-order valence-electron chi connectivity index (χ4n) is 4.29. The molecule has 0 unspecified atom stereocenters. The van der Waals surface area contributed by atoms with E-state index in [1.54, 1.807) is 7.11 Å². The van der Waals surface area contributed by atoms with Crippen LogP contribution in [0.2, 0.25) is 0 Å². The number of aromatic nitrogens is 4. The molecule has 5 rings (SSSR count). The maximum atomic E-state index is 6.13. The molecule has 1 saturated carbocycles. The second kappa shape index (κ2) is 9.43. The molecule has 1 aromatic carbocycles. The molecule has 1 aliphatic carbocycles. The molecule has 3 aromatic rings. The maximum absolute atomic E-state index is 6.13. The summed E-state index contributed by atoms with van der Waals surface area (Å²) in [5.41, 5.74) is 1.97. The third-order valence-corrected chi connectivity index (χ3v) is 6.31. The molecule has 33 heavy (non-hydrogen) atoms. The Morgan fingerprint density at radius 2 is 1.94 bits per heavy atom. The smallest absolute Gasteiger partial charge is 0.227 e. The Hall–Kier alpha value is -3.07. The van der Waals surface area contributed by atoms with E-state index < -0.39 is 0 Å².